The number of fused-ring (bicyclic) bond motifs is 1. The number of β-amino-alcohol motifs (C(OH)–C–C–N with tert-alkyl or cyclic N) is 1. The summed E-state index contributed by atoms with van der Waals surface area (Å²) >= 11 is 1.50. The van der Waals surface area contributed by atoms with Gasteiger partial charge in [-0.15, -0.1) is 11.3 Å². The van der Waals surface area contributed by atoms with Gasteiger partial charge >= 0.3 is 0 Å². The highest BCUT2D eigenvalue weighted by Crippen LogP contribution is 2.41. The Kier molecular flexibility index (Phi) is 15.1. The number of aryl methyl sites for hydroxylation is 2. The maximum absolute atomic E-state index is 14.7. The summed E-state index contributed by atoms with van der Waals surface area (Å²) in [5.74, 6) is -0.0734. The van der Waals surface area contributed by atoms with Gasteiger partial charge in [0.15, 0.2) is 5.67 Å². The summed E-state index contributed by atoms with van der Waals surface area (Å²) in [4.78, 5) is 79.4. The normalized spacial score (nSPS) is 18.1. The Bertz CT molecular complexity index is 2850. The van der Waals surface area contributed by atoms with Crippen LogP contribution in [-0.2, 0) is 39.3 Å². The number of carbonyl (C=O) groups excluding carboxylic acids is 4. The molecule has 3 aliphatic rings. The van der Waals surface area contributed by atoms with Crippen LogP contribution in [0.15, 0.2) is 65.3 Å². The van der Waals surface area contributed by atoms with E-state index >= 15 is 0 Å². The van der Waals surface area contributed by atoms with Crippen molar-refractivity contribution in [3.63, 3.8) is 0 Å². The number of alkyl halides is 1. The van der Waals surface area contributed by atoms with Crippen LogP contribution in [-0.4, -0.2) is 123 Å². The maximum atomic E-state index is 14.7. The topological polar surface area (TPSA) is 207 Å². The van der Waals surface area contributed by atoms with Crippen molar-refractivity contribution < 1.29 is 42.9 Å². The molecule has 0 spiro atoms. The van der Waals surface area contributed by atoms with E-state index in [9.17, 15) is 33.5 Å². The number of aliphatic hydroxyl groups excluding tert-OH is 1. The number of hydrogen-bond acceptors (Lipinski definition) is 13. The number of benzene rings is 2. The summed E-state index contributed by atoms with van der Waals surface area (Å²) in [6, 6.07) is 9.32. The van der Waals surface area contributed by atoms with Gasteiger partial charge in [0, 0.05) is 82.3 Å². The zero-order chi connectivity index (χ0) is 50.8. The van der Waals surface area contributed by atoms with E-state index in [0.29, 0.717) is 73.7 Å². The van der Waals surface area contributed by atoms with Gasteiger partial charge in [-0.05, 0) is 78.8 Å². The van der Waals surface area contributed by atoms with Gasteiger partial charge in [-0.2, -0.15) is 0 Å². The monoisotopic (exact) mass is 994 g/mol. The van der Waals surface area contributed by atoms with Gasteiger partial charge in [-0.25, -0.2) is 9.37 Å². The number of amides is 4. The molecule has 5 aromatic rings. The average Bonchev–Trinajstić information content (AvgIpc) is 3.74. The Morgan fingerprint density at radius 3 is 2.37 bits per heavy atom. The highest BCUT2D eigenvalue weighted by Gasteiger charge is 2.53. The average molecular weight is 995 g/mol. The molecule has 3 atom stereocenters. The molecule has 1 saturated carbocycles. The van der Waals surface area contributed by atoms with Crippen LogP contribution in [0.4, 0.5) is 4.39 Å². The van der Waals surface area contributed by atoms with E-state index < -0.39 is 47.0 Å². The molecule has 1 aliphatic carbocycles. The fraction of sp³-hybridized carbons (Fsp3) is 0.481. The van der Waals surface area contributed by atoms with Gasteiger partial charge in [0.1, 0.15) is 29.3 Å². The van der Waals surface area contributed by atoms with Crippen LogP contribution in [0.3, 0.4) is 0 Å². The molecule has 0 radical (unpaired) electrons. The van der Waals surface area contributed by atoms with Crippen molar-refractivity contribution in [2.24, 2.45) is 12.5 Å². The smallest absolute Gasteiger partial charge is 0.259 e. The molecule has 3 fully saturated rings. The first kappa shape index (κ1) is 50.9. The highest BCUT2D eigenvalue weighted by molar-refractivity contribution is 7.13. The first-order valence-electron chi connectivity index (χ1n) is 24.0. The fourth-order valence-corrected chi connectivity index (χ4v) is 10.1. The second kappa shape index (κ2) is 21.1. The standard InChI is InChI=1S/C52H63FN8O9S/c1-30-45(71-29-56-30)31-11-12-32(22-55-47(64)40-21-35(62)26-61(40)49(66)46(51(2,3)4)58-50(67)52(53)14-15-52)41(18-31)70-17-9-8-10-44(63)57-34-24-60(25-34)28-39-42(68-6)19-33(20-43(39)69-7)38-27-59(5)48(65)37-23-54-16-13-36(37)38/h11-13,16,18-20,23,27,29,34-35,40,46,62H,8-10,14-15,17,21-22,24-26,28H2,1-7H3,(H,55,64)(H,57,63)(H,58,67)/t35-,40+,46-/m1/s1. The SMILES string of the molecule is COc1cc(-c2cn(C)c(=O)c3cnccc23)cc(OC)c1CN1CC(NC(=O)CCCCOc2cc(-c3scnc3C)ccc2CNC(=O)[C@@H]2C[C@@H](O)CN2C(=O)[C@@H](NC(=O)C2(F)CC2)C(C)(C)C)C1. The minimum Gasteiger partial charge on any atom is -0.496 e. The second-order valence-electron chi connectivity index (χ2n) is 19.9. The Hall–Kier alpha value is -6.44. The summed E-state index contributed by atoms with van der Waals surface area (Å²) < 4.78 is 34.3. The lowest BCUT2D eigenvalue weighted by Gasteiger charge is -2.40. The maximum Gasteiger partial charge on any atom is 0.259 e. The van der Waals surface area contributed by atoms with E-state index in [1.54, 1.807) is 70.7 Å². The summed E-state index contributed by atoms with van der Waals surface area (Å²) in [6.07, 6.45) is 5.78. The van der Waals surface area contributed by atoms with Gasteiger partial charge in [0.2, 0.25) is 17.7 Å². The molecule has 2 aliphatic heterocycles. The Morgan fingerprint density at radius 2 is 1.70 bits per heavy atom. The molecule has 4 N–H and O–H groups in total. The molecule has 17 nitrogen and oxygen atoms in total. The molecule has 8 rings (SSSR count). The molecule has 71 heavy (non-hydrogen) atoms. The molecule has 5 heterocycles. The molecule has 0 unspecified atom stereocenters. The number of ether oxygens (including phenoxy) is 3. The predicted octanol–water partition coefficient (Wildman–Crippen LogP) is 5.21. The van der Waals surface area contributed by atoms with Crippen LogP contribution < -0.4 is 35.7 Å². The second-order valence-corrected chi connectivity index (χ2v) is 20.8. The summed E-state index contributed by atoms with van der Waals surface area (Å²) in [5, 5.41) is 20.6. The molecule has 19 heteroatoms. The number of nitrogens with zero attached hydrogens (tertiary/aromatic N) is 5. The molecule has 2 saturated heterocycles. The third-order valence-electron chi connectivity index (χ3n) is 13.5. The Morgan fingerprint density at radius 1 is 0.986 bits per heavy atom. The third kappa shape index (κ3) is 11.4. The zero-order valence-electron chi connectivity index (χ0n) is 41.3. The first-order chi connectivity index (χ1) is 33.9. The number of halogens is 1. The van der Waals surface area contributed by atoms with E-state index in [2.05, 4.69) is 30.8 Å². The summed E-state index contributed by atoms with van der Waals surface area (Å²) in [6.45, 7) is 9.32. The predicted molar refractivity (Wildman–Crippen MR) is 267 cm³/mol. The minimum atomic E-state index is -1.98. The van der Waals surface area contributed by atoms with Crippen LogP contribution in [0.2, 0.25) is 0 Å². The van der Waals surface area contributed by atoms with Crippen LogP contribution in [0.5, 0.6) is 17.2 Å². The van der Waals surface area contributed by atoms with Crippen LogP contribution >= 0.6 is 11.3 Å². The van der Waals surface area contributed by atoms with E-state index in [4.69, 9.17) is 14.2 Å². The number of carbonyl (C=O) groups is 4. The van der Waals surface area contributed by atoms with E-state index in [0.717, 1.165) is 38.2 Å². The number of thiazole rings is 1. The van der Waals surface area contributed by atoms with E-state index in [1.165, 1.54) is 16.2 Å². The van der Waals surface area contributed by atoms with Crippen molar-refractivity contribution in [3.8, 4) is 38.8 Å². The van der Waals surface area contributed by atoms with Crippen molar-refractivity contribution >= 4 is 45.7 Å². The number of unbranched alkanes of at least 4 members (excludes halogenated alkanes) is 1. The van der Waals surface area contributed by atoms with Gasteiger partial charge in [0.25, 0.3) is 11.5 Å². The molecule has 2 aromatic carbocycles. The number of rotatable bonds is 19. The van der Waals surface area contributed by atoms with Crippen LogP contribution in [0, 0.1) is 12.3 Å². The van der Waals surface area contributed by atoms with Gasteiger partial charge in [0.05, 0.1) is 60.0 Å². The lowest BCUT2D eigenvalue weighted by molar-refractivity contribution is -0.145. The fourth-order valence-electron chi connectivity index (χ4n) is 9.29. The Balaban J connectivity index is 0.835. The molecular formula is C52H63FN8O9S. The molecule has 3 aromatic heterocycles. The highest BCUT2D eigenvalue weighted by atomic mass is 32.1. The molecule has 378 valence electrons. The number of methoxy groups -OCH3 is 2. The lowest BCUT2D eigenvalue weighted by Crippen LogP contribution is -2.59. The lowest BCUT2D eigenvalue weighted by atomic mass is 9.85. The first-order valence-corrected chi connectivity index (χ1v) is 24.9. The molecule has 0 bridgehead atoms. The van der Waals surface area contributed by atoms with Crippen molar-refractivity contribution in [2.75, 3.05) is 40.5 Å². The van der Waals surface area contributed by atoms with E-state index in [-0.39, 0.29) is 49.9 Å². The summed E-state index contributed by atoms with van der Waals surface area (Å²) in [5.41, 5.74) is 3.89. The van der Waals surface area contributed by atoms with Crippen molar-refractivity contribution in [3.05, 3.63) is 87.7 Å². The van der Waals surface area contributed by atoms with E-state index in [1.807, 2.05) is 43.3 Å². The number of aromatic nitrogens is 3. The Labute approximate surface area is 416 Å². The minimum absolute atomic E-state index is 0.00622. The van der Waals surface area contributed by atoms with Crippen LogP contribution in [0.1, 0.15) is 76.1 Å². The third-order valence-corrected chi connectivity index (χ3v) is 14.5. The van der Waals surface area contributed by atoms with Crippen molar-refractivity contribution in [1.82, 2.24) is 40.3 Å². The number of hydrogen-bond donors (Lipinski definition) is 4. The number of aliphatic hydroxyl groups is 1. The van der Waals surface area contributed by atoms with Gasteiger partial charge in [-0.1, -0.05) is 32.9 Å². The number of pyridine rings is 2. The number of nitrogens with one attached hydrogen (secondary N) is 3. The van der Waals surface area contributed by atoms with Gasteiger partial charge < -0.3 is 44.7 Å². The number of likely N-dealkylation sites (tertiary alicyclic amines) is 2. The van der Waals surface area contributed by atoms with Crippen molar-refractivity contribution in [2.45, 2.75) is 109 Å². The molecule has 4 amide bonds. The zero-order valence-corrected chi connectivity index (χ0v) is 42.1. The van der Waals surface area contributed by atoms with Crippen LogP contribution in [0.25, 0.3) is 32.3 Å². The molecular weight excluding hydrogens is 932 g/mol. The quantitative estimate of drug-likeness (QED) is 0.0788. The van der Waals surface area contributed by atoms with Gasteiger partial charge in [-0.3, -0.25) is 33.9 Å². The summed E-state index contributed by atoms with van der Waals surface area (Å²) in [7, 11) is 4.95. The largest absolute Gasteiger partial charge is 0.496 e. The van der Waals surface area contributed by atoms with Crippen molar-refractivity contribution in [1.29, 1.82) is 0 Å².